The summed E-state index contributed by atoms with van der Waals surface area (Å²) in [5, 5.41) is 0.587. The molecule has 0 atom stereocenters. The minimum atomic E-state index is -3.79. The molecule has 2 rings (SSSR count). The van der Waals surface area contributed by atoms with Crippen LogP contribution >= 0.6 is 11.6 Å². The minimum absolute atomic E-state index is 0.0963. The third-order valence-corrected chi connectivity index (χ3v) is 6.02. The van der Waals surface area contributed by atoms with Crippen molar-refractivity contribution in [3.8, 4) is 0 Å². The number of amides is 2. The zero-order valence-electron chi connectivity index (χ0n) is 15.6. The number of benzene rings is 2. The molecule has 7 nitrogen and oxygen atoms in total. The maximum Gasteiger partial charge on any atom is 0.253 e. The molecule has 9 heteroatoms. The lowest BCUT2D eigenvalue weighted by atomic mass is 10.1. The van der Waals surface area contributed by atoms with Crippen LogP contribution in [0.15, 0.2) is 53.4 Å². The molecule has 2 aromatic carbocycles. The van der Waals surface area contributed by atoms with Crippen LogP contribution in [0.1, 0.15) is 17.5 Å². The first-order valence-corrected chi connectivity index (χ1v) is 10.4. The van der Waals surface area contributed by atoms with E-state index in [1.165, 1.54) is 19.2 Å². The first kappa shape index (κ1) is 21.9. The van der Waals surface area contributed by atoms with Crippen LogP contribution in [0.3, 0.4) is 0 Å². The molecule has 0 aromatic heterocycles. The maximum atomic E-state index is 12.5. The molecule has 0 aliphatic heterocycles. The highest BCUT2D eigenvalue weighted by Gasteiger charge is 2.22. The van der Waals surface area contributed by atoms with E-state index in [9.17, 15) is 18.0 Å². The first-order valence-electron chi connectivity index (χ1n) is 8.53. The number of halogens is 1. The summed E-state index contributed by atoms with van der Waals surface area (Å²) in [5.41, 5.74) is 6.33. The summed E-state index contributed by atoms with van der Waals surface area (Å²) in [6.45, 7) is 1.42. The van der Waals surface area contributed by atoms with E-state index in [-0.39, 0.29) is 11.3 Å². The molecule has 0 heterocycles. The number of nitrogens with one attached hydrogen (secondary N) is 2. The summed E-state index contributed by atoms with van der Waals surface area (Å²) in [4.78, 5) is 23.9. The van der Waals surface area contributed by atoms with Gasteiger partial charge in [0.2, 0.25) is 15.9 Å². The van der Waals surface area contributed by atoms with E-state index in [2.05, 4.69) is 10.9 Å². The highest BCUT2D eigenvalue weighted by molar-refractivity contribution is 7.89. The lowest BCUT2D eigenvalue weighted by molar-refractivity contribution is -0.128. The smallest absolute Gasteiger partial charge is 0.253 e. The molecule has 0 unspecified atom stereocenters. The van der Waals surface area contributed by atoms with Gasteiger partial charge in [-0.1, -0.05) is 41.4 Å². The van der Waals surface area contributed by atoms with Crippen molar-refractivity contribution >= 4 is 33.4 Å². The highest BCUT2D eigenvalue weighted by atomic mass is 35.5. The lowest BCUT2D eigenvalue weighted by Crippen LogP contribution is -2.46. The van der Waals surface area contributed by atoms with Gasteiger partial charge in [-0.2, -0.15) is 4.31 Å². The maximum absolute atomic E-state index is 12.5. The Labute approximate surface area is 169 Å². The zero-order valence-corrected chi connectivity index (χ0v) is 17.2. The van der Waals surface area contributed by atoms with Crippen LogP contribution < -0.4 is 10.9 Å². The van der Waals surface area contributed by atoms with Crippen LogP contribution in [-0.4, -0.2) is 38.1 Å². The zero-order chi connectivity index (χ0) is 20.7. The molecule has 2 N–H and O–H groups in total. The third kappa shape index (κ3) is 6.33. The summed E-state index contributed by atoms with van der Waals surface area (Å²) >= 11 is 5.89. The van der Waals surface area contributed by atoms with E-state index < -0.39 is 28.4 Å². The summed E-state index contributed by atoms with van der Waals surface area (Å²) in [6, 6.07) is 13.5. The molecule has 0 spiro atoms. The van der Waals surface area contributed by atoms with Crippen LogP contribution in [0.5, 0.6) is 0 Å². The molecular weight excluding hydrogens is 402 g/mol. The van der Waals surface area contributed by atoms with Crippen molar-refractivity contribution < 1.29 is 18.0 Å². The Kier molecular flexibility index (Phi) is 7.56. The standard InChI is InChI=1S/C19H22ClN3O4S/c1-14-6-9-17(10-7-14)28(26,27)23(2)13-19(25)22-21-18(24)11-8-15-4-3-5-16(20)12-15/h3-7,9-10,12H,8,11,13H2,1-2H3,(H,21,24)(H,22,25). The topological polar surface area (TPSA) is 95.6 Å². The number of nitrogens with zero attached hydrogens (tertiary/aromatic N) is 1. The Morgan fingerprint density at radius 2 is 1.68 bits per heavy atom. The predicted molar refractivity (Wildman–Crippen MR) is 107 cm³/mol. The molecule has 0 bridgehead atoms. The second kappa shape index (κ2) is 9.68. The Balaban J connectivity index is 1.81. The van der Waals surface area contributed by atoms with Gasteiger partial charge in [-0.05, 0) is 43.2 Å². The SMILES string of the molecule is Cc1ccc(S(=O)(=O)N(C)CC(=O)NNC(=O)CCc2cccc(Cl)c2)cc1. The molecular formula is C19H22ClN3O4S. The largest absolute Gasteiger partial charge is 0.273 e. The van der Waals surface area contributed by atoms with Crippen molar-refractivity contribution in [3.05, 3.63) is 64.7 Å². The van der Waals surface area contributed by atoms with Gasteiger partial charge < -0.3 is 0 Å². The highest BCUT2D eigenvalue weighted by Crippen LogP contribution is 2.14. The van der Waals surface area contributed by atoms with E-state index in [0.717, 1.165) is 15.4 Å². The van der Waals surface area contributed by atoms with E-state index in [0.29, 0.717) is 11.4 Å². The van der Waals surface area contributed by atoms with E-state index in [4.69, 9.17) is 11.6 Å². The van der Waals surface area contributed by atoms with Crippen molar-refractivity contribution in [2.75, 3.05) is 13.6 Å². The van der Waals surface area contributed by atoms with Gasteiger partial charge in [-0.3, -0.25) is 20.4 Å². The fourth-order valence-corrected chi connectivity index (χ4v) is 3.71. The molecule has 2 amide bonds. The van der Waals surface area contributed by atoms with Crippen molar-refractivity contribution in [2.45, 2.75) is 24.7 Å². The van der Waals surface area contributed by atoms with Crippen LogP contribution in [0.25, 0.3) is 0 Å². The molecule has 0 saturated carbocycles. The molecule has 28 heavy (non-hydrogen) atoms. The van der Waals surface area contributed by atoms with Gasteiger partial charge in [0, 0.05) is 18.5 Å². The van der Waals surface area contributed by atoms with Crippen LogP contribution in [0.4, 0.5) is 0 Å². The van der Waals surface area contributed by atoms with Crippen LogP contribution in [0.2, 0.25) is 5.02 Å². The second-order valence-corrected chi connectivity index (χ2v) is 8.78. The number of likely N-dealkylation sites (N-methyl/N-ethyl adjacent to an activating group) is 1. The Hall–Kier alpha value is -2.42. The van der Waals surface area contributed by atoms with E-state index in [1.54, 1.807) is 30.3 Å². The van der Waals surface area contributed by atoms with Crippen molar-refractivity contribution in [3.63, 3.8) is 0 Å². The Morgan fingerprint density at radius 3 is 2.32 bits per heavy atom. The summed E-state index contributed by atoms with van der Waals surface area (Å²) in [6.07, 6.45) is 0.613. The quantitative estimate of drug-likeness (QED) is 0.666. The molecule has 0 fully saturated rings. The first-order chi connectivity index (χ1) is 13.2. The predicted octanol–water partition coefficient (Wildman–Crippen LogP) is 2.05. The summed E-state index contributed by atoms with van der Waals surface area (Å²) in [7, 11) is -2.49. The second-order valence-electron chi connectivity index (χ2n) is 6.30. The van der Waals surface area contributed by atoms with E-state index >= 15 is 0 Å². The van der Waals surface area contributed by atoms with Gasteiger partial charge in [-0.15, -0.1) is 0 Å². The fraction of sp³-hybridized carbons (Fsp3) is 0.263. The monoisotopic (exact) mass is 423 g/mol. The Bertz CT molecular complexity index is 946. The number of sulfonamides is 1. The molecule has 0 radical (unpaired) electrons. The number of rotatable bonds is 7. The minimum Gasteiger partial charge on any atom is -0.273 e. The van der Waals surface area contributed by atoms with E-state index in [1.807, 2.05) is 13.0 Å². The number of carbonyl (C=O) groups is 2. The molecule has 150 valence electrons. The summed E-state index contributed by atoms with van der Waals surface area (Å²) < 4.78 is 25.8. The van der Waals surface area contributed by atoms with Gasteiger partial charge in [0.1, 0.15) is 0 Å². The van der Waals surface area contributed by atoms with Gasteiger partial charge in [0.25, 0.3) is 5.91 Å². The number of hydrogen-bond donors (Lipinski definition) is 2. The van der Waals surface area contributed by atoms with Crippen molar-refractivity contribution in [1.82, 2.24) is 15.2 Å². The van der Waals surface area contributed by atoms with Gasteiger partial charge in [0.15, 0.2) is 0 Å². The normalized spacial score (nSPS) is 11.3. The molecule has 2 aromatic rings. The average molecular weight is 424 g/mol. The molecule has 0 saturated heterocycles. The molecule has 0 aliphatic carbocycles. The number of hydrazine groups is 1. The number of aryl methyl sites for hydroxylation is 2. The molecule has 0 aliphatic rings. The van der Waals surface area contributed by atoms with Gasteiger partial charge >= 0.3 is 0 Å². The number of carbonyl (C=O) groups excluding carboxylic acids is 2. The summed E-state index contributed by atoms with van der Waals surface area (Å²) in [5.74, 6) is -1.04. The lowest BCUT2D eigenvalue weighted by Gasteiger charge is -2.17. The van der Waals surface area contributed by atoms with Crippen LogP contribution in [-0.2, 0) is 26.0 Å². The van der Waals surface area contributed by atoms with Crippen LogP contribution in [0, 0.1) is 6.92 Å². The average Bonchev–Trinajstić information content (AvgIpc) is 2.65. The third-order valence-electron chi connectivity index (χ3n) is 3.97. The fourth-order valence-electron chi connectivity index (χ4n) is 2.37. The van der Waals surface area contributed by atoms with Gasteiger partial charge in [-0.25, -0.2) is 8.42 Å². The van der Waals surface area contributed by atoms with Crippen molar-refractivity contribution in [2.24, 2.45) is 0 Å². The Morgan fingerprint density at radius 1 is 1.04 bits per heavy atom. The van der Waals surface area contributed by atoms with Crippen molar-refractivity contribution in [1.29, 1.82) is 0 Å². The van der Waals surface area contributed by atoms with Gasteiger partial charge in [0.05, 0.1) is 11.4 Å². The number of hydrogen-bond acceptors (Lipinski definition) is 4.